The Morgan fingerprint density at radius 1 is 1.36 bits per heavy atom. The smallest absolute Gasteiger partial charge is 0.356 e. The first-order valence-corrected chi connectivity index (χ1v) is 4.67. The molecule has 2 N–H and O–H groups in total. The highest BCUT2D eigenvalue weighted by molar-refractivity contribution is 5.81. The second kappa shape index (κ2) is 5.07. The Balaban J connectivity index is 1.94. The molecule has 0 saturated carbocycles. The van der Waals surface area contributed by atoms with Crippen molar-refractivity contribution in [3.63, 3.8) is 0 Å². The number of alkyl halides is 3. The zero-order valence-corrected chi connectivity index (χ0v) is 7.82. The fraction of sp³-hybridized carbons (Fsp3) is 0.875. The number of aliphatic imine (C=N–C) groups is 1. The highest BCUT2D eigenvalue weighted by Gasteiger charge is 2.25. The molecule has 0 aliphatic carbocycles. The maximum absolute atomic E-state index is 11.7. The van der Waals surface area contributed by atoms with Gasteiger partial charge in [-0.3, -0.25) is 4.99 Å². The Labute approximate surface area is 80.8 Å². The molecule has 6 heteroatoms. The Morgan fingerprint density at radius 2 is 2.14 bits per heavy atom. The fourth-order valence-electron chi connectivity index (χ4n) is 1.17. The maximum atomic E-state index is 11.7. The van der Waals surface area contributed by atoms with Gasteiger partial charge in [0.15, 0.2) is 5.96 Å². The molecular weight excluding hydrogens is 195 g/mol. The Bertz CT molecular complexity index is 200. The molecular formula is C8H14F3N3. The average Bonchev–Trinajstić information content (AvgIpc) is 2.54. The summed E-state index contributed by atoms with van der Waals surface area (Å²) in [5.41, 5.74) is 0. The zero-order valence-electron chi connectivity index (χ0n) is 7.82. The molecule has 3 nitrogen and oxygen atoms in total. The second-order valence-corrected chi connectivity index (χ2v) is 3.16. The molecule has 1 aliphatic heterocycles. The monoisotopic (exact) mass is 209 g/mol. The van der Waals surface area contributed by atoms with E-state index in [1.165, 1.54) is 0 Å². The third-order valence-corrected chi connectivity index (χ3v) is 1.85. The Morgan fingerprint density at radius 3 is 2.71 bits per heavy atom. The summed E-state index contributed by atoms with van der Waals surface area (Å²) in [6.07, 6.45) is -4.04. The molecule has 0 radical (unpaired) electrons. The van der Waals surface area contributed by atoms with Crippen molar-refractivity contribution in [3.8, 4) is 0 Å². The summed E-state index contributed by atoms with van der Waals surface area (Å²) in [5, 5.41) is 5.92. The van der Waals surface area contributed by atoms with Gasteiger partial charge in [-0.2, -0.15) is 13.2 Å². The first-order chi connectivity index (χ1) is 6.58. The van der Waals surface area contributed by atoms with E-state index >= 15 is 0 Å². The van der Waals surface area contributed by atoms with Crippen LogP contribution in [0.25, 0.3) is 0 Å². The van der Waals surface area contributed by atoms with E-state index in [0.717, 1.165) is 13.1 Å². The van der Waals surface area contributed by atoms with Crippen LogP contribution in [0.4, 0.5) is 13.2 Å². The van der Waals surface area contributed by atoms with Gasteiger partial charge >= 0.3 is 6.18 Å². The zero-order chi connectivity index (χ0) is 10.4. The van der Waals surface area contributed by atoms with Crippen LogP contribution in [0.1, 0.15) is 19.3 Å². The third kappa shape index (κ3) is 4.94. The van der Waals surface area contributed by atoms with E-state index in [1.54, 1.807) is 0 Å². The van der Waals surface area contributed by atoms with Gasteiger partial charge in [0.05, 0.1) is 6.54 Å². The summed E-state index contributed by atoms with van der Waals surface area (Å²) < 4.78 is 35.2. The predicted octanol–water partition coefficient (Wildman–Crippen LogP) is 1.27. The fourth-order valence-corrected chi connectivity index (χ4v) is 1.17. The number of guanidine groups is 1. The SMILES string of the molecule is FC(F)(F)CCCCNC1=NCCN1. The van der Waals surface area contributed by atoms with E-state index in [1.807, 2.05) is 0 Å². The lowest BCUT2D eigenvalue weighted by atomic mass is 10.2. The van der Waals surface area contributed by atoms with Gasteiger partial charge < -0.3 is 10.6 Å². The number of nitrogens with zero attached hydrogens (tertiary/aromatic N) is 1. The molecule has 0 unspecified atom stereocenters. The maximum Gasteiger partial charge on any atom is 0.389 e. The lowest BCUT2D eigenvalue weighted by molar-refractivity contribution is -0.135. The molecule has 14 heavy (non-hydrogen) atoms. The molecule has 1 aliphatic rings. The summed E-state index contributed by atoms with van der Waals surface area (Å²) in [5.74, 6) is 0.706. The predicted molar refractivity (Wildman–Crippen MR) is 48.2 cm³/mol. The van der Waals surface area contributed by atoms with Crippen LogP contribution in [0, 0.1) is 0 Å². The van der Waals surface area contributed by atoms with Crippen LogP contribution in [0.15, 0.2) is 4.99 Å². The van der Waals surface area contributed by atoms with E-state index in [2.05, 4.69) is 15.6 Å². The minimum atomic E-state index is -4.02. The van der Waals surface area contributed by atoms with E-state index in [4.69, 9.17) is 0 Å². The van der Waals surface area contributed by atoms with Crippen molar-refractivity contribution in [2.45, 2.75) is 25.4 Å². The van der Waals surface area contributed by atoms with Crippen LogP contribution in [-0.2, 0) is 0 Å². The largest absolute Gasteiger partial charge is 0.389 e. The van der Waals surface area contributed by atoms with Gasteiger partial charge in [-0.15, -0.1) is 0 Å². The van der Waals surface area contributed by atoms with Gasteiger partial charge in [0, 0.05) is 19.5 Å². The van der Waals surface area contributed by atoms with Crippen LogP contribution in [0.3, 0.4) is 0 Å². The van der Waals surface area contributed by atoms with Crippen LogP contribution in [-0.4, -0.2) is 31.8 Å². The quantitative estimate of drug-likeness (QED) is 0.684. The van der Waals surface area contributed by atoms with Crippen molar-refractivity contribution in [1.82, 2.24) is 10.6 Å². The molecule has 0 aromatic heterocycles. The first kappa shape index (κ1) is 11.1. The molecule has 0 atom stereocenters. The summed E-state index contributed by atoms with van der Waals surface area (Å²) >= 11 is 0. The van der Waals surface area contributed by atoms with Gasteiger partial charge in [0.2, 0.25) is 0 Å². The molecule has 0 aromatic rings. The normalized spacial score (nSPS) is 16.4. The van der Waals surface area contributed by atoms with Crippen molar-refractivity contribution in [3.05, 3.63) is 0 Å². The molecule has 0 amide bonds. The molecule has 82 valence electrons. The number of hydrogen-bond donors (Lipinski definition) is 2. The molecule has 1 heterocycles. The molecule has 0 aromatic carbocycles. The lowest BCUT2D eigenvalue weighted by Gasteiger charge is -2.07. The number of unbranched alkanes of at least 4 members (excludes halogenated alkanes) is 1. The molecule has 0 fully saturated rings. The minimum absolute atomic E-state index is 0.170. The first-order valence-electron chi connectivity index (χ1n) is 4.67. The lowest BCUT2D eigenvalue weighted by Crippen LogP contribution is -2.34. The highest BCUT2D eigenvalue weighted by atomic mass is 19.4. The van der Waals surface area contributed by atoms with Crippen LogP contribution >= 0.6 is 0 Å². The van der Waals surface area contributed by atoms with Crippen LogP contribution in [0.2, 0.25) is 0 Å². The number of rotatable bonds is 4. The summed E-state index contributed by atoms with van der Waals surface area (Å²) in [6, 6.07) is 0. The number of nitrogens with one attached hydrogen (secondary N) is 2. The van der Waals surface area contributed by atoms with E-state index in [9.17, 15) is 13.2 Å². The van der Waals surface area contributed by atoms with E-state index in [-0.39, 0.29) is 6.42 Å². The van der Waals surface area contributed by atoms with E-state index < -0.39 is 12.6 Å². The standard InChI is InChI=1S/C8H14F3N3/c9-8(10,11)3-1-2-4-12-7-13-5-6-14-7/h1-6H2,(H2,12,13,14). The number of hydrogen-bond acceptors (Lipinski definition) is 3. The average molecular weight is 209 g/mol. The summed E-state index contributed by atoms with van der Waals surface area (Å²) in [4.78, 5) is 4.05. The van der Waals surface area contributed by atoms with Crippen LogP contribution in [0.5, 0.6) is 0 Å². The third-order valence-electron chi connectivity index (χ3n) is 1.85. The topological polar surface area (TPSA) is 36.4 Å². The van der Waals surface area contributed by atoms with Gasteiger partial charge in [0.25, 0.3) is 0 Å². The van der Waals surface area contributed by atoms with Gasteiger partial charge in [-0.05, 0) is 12.8 Å². The minimum Gasteiger partial charge on any atom is -0.356 e. The Kier molecular flexibility index (Phi) is 4.03. The highest BCUT2D eigenvalue weighted by Crippen LogP contribution is 2.21. The molecule has 0 spiro atoms. The van der Waals surface area contributed by atoms with E-state index in [0.29, 0.717) is 18.9 Å². The van der Waals surface area contributed by atoms with Crippen molar-refractivity contribution < 1.29 is 13.2 Å². The molecule has 0 saturated heterocycles. The number of halogens is 3. The van der Waals surface area contributed by atoms with Gasteiger partial charge in [-0.1, -0.05) is 0 Å². The van der Waals surface area contributed by atoms with Gasteiger partial charge in [0.1, 0.15) is 0 Å². The summed E-state index contributed by atoms with van der Waals surface area (Å²) in [6.45, 7) is 2.09. The van der Waals surface area contributed by atoms with Crippen molar-refractivity contribution in [2.24, 2.45) is 4.99 Å². The second-order valence-electron chi connectivity index (χ2n) is 3.16. The van der Waals surface area contributed by atoms with Crippen LogP contribution < -0.4 is 10.6 Å². The summed E-state index contributed by atoms with van der Waals surface area (Å²) in [7, 11) is 0. The van der Waals surface area contributed by atoms with Gasteiger partial charge in [-0.25, -0.2) is 0 Å². The Hall–Kier alpha value is -0.940. The van der Waals surface area contributed by atoms with Crippen molar-refractivity contribution >= 4 is 5.96 Å². The van der Waals surface area contributed by atoms with Crippen molar-refractivity contribution in [1.29, 1.82) is 0 Å². The molecule has 0 bridgehead atoms. The molecule has 1 rings (SSSR count). The van der Waals surface area contributed by atoms with Crippen molar-refractivity contribution in [2.75, 3.05) is 19.6 Å².